The third-order valence-corrected chi connectivity index (χ3v) is 3.53. The van der Waals surface area contributed by atoms with Crippen molar-refractivity contribution in [2.24, 2.45) is 0 Å². The zero-order valence-corrected chi connectivity index (χ0v) is 8.70. The number of hydrogen-bond donors (Lipinski definition) is 0. The lowest BCUT2D eigenvalue weighted by Crippen LogP contribution is -2.11. The van der Waals surface area contributed by atoms with E-state index in [1.54, 1.807) is 0 Å². The van der Waals surface area contributed by atoms with Gasteiger partial charge in [0.05, 0.1) is 0 Å². The van der Waals surface area contributed by atoms with Crippen LogP contribution in [0.2, 0.25) is 0 Å². The van der Waals surface area contributed by atoms with Crippen LogP contribution in [0.1, 0.15) is 11.1 Å². The van der Waals surface area contributed by atoms with E-state index >= 15 is 0 Å². The molecule has 0 heterocycles. The largest absolute Gasteiger partial charge is 0.176 e. The summed E-state index contributed by atoms with van der Waals surface area (Å²) in [6.45, 7) is 4.27. The van der Waals surface area contributed by atoms with Gasteiger partial charge in [0, 0.05) is 0 Å². The first kappa shape index (κ1) is 8.02. The minimum absolute atomic E-state index is 0.738. The highest BCUT2D eigenvalue weighted by molar-refractivity contribution is 9.23. The number of hydrogen-bond acceptors (Lipinski definition) is 0. The van der Waals surface area contributed by atoms with Crippen LogP contribution >= 0.6 is 15.3 Å². The van der Waals surface area contributed by atoms with Crippen LogP contribution in [-0.4, -0.2) is 8.14 Å². The molecule has 0 nitrogen and oxygen atoms in total. The molecule has 0 amide bonds. The molecular weight excluding hydrogens is 204 g/mol. The van der Waals surface area contributed by atoms with Crippen LogP contribution in [0, 0.1) is 13.8 Å². The van der Waals surface area contributed by atoms with Gasteiger partial charge in [0.1, 0.15) is 0 Å². The summed E-state index contributed by atoms with van der Waals surface area (Å²) in [4.78, 5) is 0. The van der Waals surface area contributed by atoms with E-state index < -0.39 is 0 Å². The Morgan fingerprint density at radius 2 is 2.00 bits per heavy atom. The summed E-state index contributed by atoms with van der Waals surface area (Å²) in [6.07, 6.45) is 0. The molecule has 0 aliphatic carbocycles. The molecule has 1 aromatic carbocycles. The summed E-state index contributed by atoms with van der Waals surface area (Å²) in [7, 11) is 0.738. The smallest absolute Gasteiger partial charge is 0.125 e. The molecule has 0 aliphatic rings. The van der Waals surface area contributed by atoms with Gasteiger partial charge in [-0.2, -0.15) is 0 Å². The molecule has 0 fully saturated rings. The van der Waals surface area contributed by atoms with Gasteiger partial charge in [-0.1, -0.05) is 29.3 Å². The first-order chi connectivity index (χ1) is 4.74. The van der Waals surface area contributed by atoms with Crippen LogP contribution in [0.5, 0.6) is 0 Å². The topological polar surface area (TPSA) is 0 Å². The molecule has 0 atom stereocenters. The van der Waals surface area contributed by atoms with E-state index in [1.165, 1.54) is 16.3 Å². The lowest BCUT2D eigenvalue weighted by molar-refractivity contribution is 1.41. The van der Waals surface area contributed by atoms with Crippen LogP contribution in [0.15, 0.2) is 18.2 Å². The molecule has 0 saturated heterocycles. The fourth-order valence-corrected chi connectivity index (χ4v) is 2.62. The van der Waals surface area contributed by atoms with Crippen molar-refractivity contribution < 1.29 is 0 Å². The Kier molecular flexibility index (Phi) is 2.69. The first-order valence-corrected chi connectivity index (χ1v) is 6.43. The second-order valence-electron chi connectivity index (χ2n) is 2.41. The van der Waals surface area contributed by atoms with E-state index in [1.807, 2.05) is 0 Å². The highest BCUT2D eigenvalue weighted by Gasteiger charge is 1.95. The van der Waals surface area contributed by atoms with Crippen LogP contribution in [0.4, 0.5) is 0 Å². The zero-order chi connectivity index (χ0) is 7.56. The molecule has 0 spiro atoms. The molecule has 0 saturated carbocycles. The van der Waals surface area contributed by atoms with Gasteiger partial charge in [0.15, 0.2) is 8.14 Å². The van der Waals surface area contributed by atoms with Crippen LogP contribution in [0.3, 0.4) is 0 Å². The van der Waals surface area contributed by atoms with Crippen molar-refractivity contribution in [1.29, 1.82) is 0 Å². The fraction of sp³-hybridized carbons (Fsp3) is 0.250. The van der Waals surface area contributed by atoms with Crippen molar-refractivity contribution in [2.45, 2.75) is 13.8 Å². The van der Waals surface area contributed by atoms with Crippen LogP contribution < -0.4 is 5.19 Å². The molecule has 0 aromatic heterocycles. The monoisotopic (exact) mass is 212 g/mol. The summed E-state index contributed by atoms with van der Waals surface area (Å²) in [5, 5.41) is 1.41. The number of rotatable bonds is 1. The molecule has 2 heteroatoms. The predicted molar refractivity (Wildman–Crippen MR) is 50.2 cm³/mol. The molecule has 2 radical (unpaired) electrons. The zero-order valence-electron chi connectivity index (χ0n) is 6.11. The van der Waals surface area contributed by atoms with Crippen molar-refractivity contribution in [1.82, 2.24) is 0 Å². The number of halogens is 1. The van der Waals surface area contributed by atoms with E-state index in [9.17, 15) is 0 Å². The van der Waals surface area contributed by atoms with E-state index in [0.717, 1.165) is 8.14 Å². The second kappa shape index (κ2) is 3.35. The molecular formula is C8H9BrSi. The van der Waals surface area contributed by atoms with Crippen LogP contribution in [-0.2, 0) is 0 Å². The Morgan fingerprint density at radius 1 is 1.30 bits per heavy atom. The van der Waals surface area contributed by atoms with E-state index in [2.05, 4.69) is 47.3 Å². The quantitative estimate of drug-likeness (QED) is 0.494. The third-order valence-electron chi connectivity index (χ3n) is 1.48. The van der Waals surface area contributed by atoms with E-state index in [4.69, 9.17) is 0 Å². The molecule has 0 unspecified atom stereocenters. The van der Waals surface area contributed by atoms with Crippen molar-refractivity contribution in [3.8, 4) is 0 Å². The summed E-state index contributed by atoms with van der Waals surface area (Å²) < 4.78 is 0. The normalized spacial score (nSPS) is 9.90. The van der Waals surface area contributed by atoms with Gasteiger partial charge in [-0.3, -0.25) is 0 Å². The number of benzene rings is 1. The molecule has 10 heavy (non-hydrogen) atoms. The Morgan fingerprint density at radius 3 is 2.50 bits per heavy atom. The molecule has 1 aromatic rings. The lowest BCUT2D eigenvalue weighted by atomic mass is 10.2. The Labute approximate surface area is 72.1 Å². The van der Waals surface area contributed by atoms with E-state index in [0.29, 0.717) is 0 Å². The lowest BCUT2D eigenvalue weighted by Gasteiger charge is -2.00. The minimum Gasteiger partial charge on any atom is -0.125 e. The fourth-order valence-electron chi connectivity index (χ4n) is 0.920. The molecule has 52 valence electrons. The summed E-state index contributed by atoms with van der Waals surface area (Å²) in [5.41, 5.74) is 2.72. The summed E-state index contributed by atoms with van der Waals surface area (Å²) >= 11 is 3.46. The molecule has 0 bridgehead atoms. The summed E-state index contributed by atoms with van der Waals surface area (Å²) in [5.74, 6) is 0. The molecule has 1 rings (SSSR count). The number of aryl methyl sites for hydroxylation is 2. The SMILES string of the molecule is Cc1ccc([Si]Br)c(C)c1. The van der Waals surface area contributed by atoms with Crippen LogP contribution in [0.25, 0.3) is 0 Å². The van der Waals surface area contributed by atoms with Gasteiger partial charge in [-0.15, -0.1) is 15.3 Å². The van der Waals surface area contributed by atoms with Crippen molar-refractivity contribution >= 4 is 28.6 Å². The average Bonchev–Trinajstić information content (AvgIpc) is 1.88. The summed E-state index contributed by atoms with van der Waals surface area (Å²) in [6, 6.07) is 6.54. The standard InChI is InChI=1S/C8H9BrSi/c1-6-3-4-8(10-9)7(2)5-6/h3-5H,1-2H3. The minimum atomic E-state index is 0.738. The van der Waals surface area contributed by atoms with Gasteiger partial charge in [-0.25, -0.2) is 0 Å². The molecule has 0 N–H and O–H groups in total. The predicted octanol–water partition coefficient (Wildman–Crippen LogP) is 1.94. The third kappa shape index (κ3) is 1.70. The highest BCUT2D eigenvalue weighted by Crippen LogP contribution is 1.99. The van der Waals surface area contributed by atoms with Gasteiger partial charge in [0.2, 0.25) is 0 Å². The van der Waals surface area contributed by atoms with Gasteiger partial charge >= 0.3 is 0 Å². The van der Waals surface area contributed by atoms with Crippen molar-refractivity contribution in [3.05, 3.63) is 29.3 Å². The highest BCUT2D eigenvalue weighted by atomic mass is 79.9. The Bertz CT molecular complexity index is 233. The van der Waals surface area contributed by atoms with Gasteiger partial charge < -0.3 is 0 Å². The average molecular weight is 213 g/mol. The van der Waals surface area contributed by atoms with Gasteiger partial charge in [-0.05, 0) is 19.0 Å². The van der Waals surface area contributed by atoms with Crippen molar-refractivity contribution in [3.63, 3.8) is 0 Å². The Hall–Kier alpha value is -0.0831. The first-order valence-electron chi connectivity index (χ1n) is 3.18. The molecule has 0 aliphatic heterocycles. The van der Waals surface area contributed by atoms with Gasteiger partial charge in [0.25, 0.3) is 0 Å². The Balaban J connectivity index is 3.07. The van der Waals surface area contributed by atoms with Crippen molar-refractivity contribution in [2.75, 3.05) is 0 Å². The maximum Gasteiger partial charge on any atom is 0.176 e. The maximum absolute atomic E-state index is 3.46. The van der Waals surface area contributed by atoms with E-state index in [-0.39, 0.29) is 0 Å². The second-order valence-corrected chi connectivity index (χ2v) is 4.33. The maximum atomic E-state index is 3.46.